The van der Waals surface area contributed by atoms with Crippen LogP contribution in [0.5, 0.6) is 17.2 Å². The molecule has 0 saturated carbocycles. The molecule has 2 aromatic rings. The summed E-state index contributed by atoms with van der Waals surface area (Å²) < 4.78 is 12.1. The zero-order valence-electron chi connectivity index (χ0n) is 11.9. The number of fused-ring (bicyclic) bond motifs is 2. The lowest BCUT2D eigenvalue weighted by Crippen LogP contribution is -2.35. The molecule has 0 fully saturated rings. The third-order valence-corrected chi connectivity index (χ3v) is 4.32. The smallest absolute Gasteiger partial charge is 0.279 e. The van der Waals surface area contributed by atoms with Gasteiger partial charge in [0.15, 0.2) is 0 Å². The quantitative estimate of drug-likeness (QED) is 0.563. The molecule has 0 radical (unpaired) electrons. The minimum absolute atomic E-state index is 0.148. The van der Waals surface area contributed by atoms with Crippen LogP contribution in [0, 0.1) is 5.41 Å². The van der Waals surface area contributed by atoms with Crippen molar-refractivity contribution in [3.05, 3.63) is 52.0 Å². The number of nitrogens with two attached hydrogens (primary N) is 1. The van der Waals surface area contributed by atoms with Crippen LogP contribution in [-0.2, 0) is 10.2 Å². The van der Waals surface area contributed by atoms with Crippen molar-refractivity contribution >= 4 is 22.0 Å². The summed E-state index contributed by atoms with van der Waals surface area (Å²) in [7, 11) is 0. The van der Waals surface area contributed by atoms with E-state index in [-0.39, 0.29) is 18.4 Å². The van der Waals surface area contributed by atoms with E-state index in [0.717, 1.165) is 21.3 Å². The number of rotatable bonds is 2. The summed E-state index contributed by atoms with van der Waals surface area (Å²) in [5.41, 5.74) is 6.43. The number of benzene rings is 2. The lowest BCUT2D eigenvalue weighted by atomic mass is 9.74. The molecule has 2 aromatic carbocycles. The molecule has 4 N–H and O–H groups in total. The Bertz CT molecular complexity index is 710. The van der Waals surface area contributed by atoms with Gasteiger partial charge in [-0.1, -0.05) is 15.9 Å². The molecule has 0 saturated heterocycles. The SMILES string of the molecule is C[C@]1(COC(=N)N)c2cc(O)ccc2Oc2ccc(Br)cc21. The molecule has 0 aromatic heterocycles. The van der Waals surface area contributed by atoms with Crippen LogP contribution < -0.4 is 10.5 Å². The average molecular weight is 363 g/mol. The third kappa shape index (κ3) is 2.39. The van der Waals surface area contributed by atoms with Crippen LogP contribution in [0.1, 0.15) is 18.1 Å². The number of ether oxygens (including phenoxy) is 2. The summed E-state index contributed by atoms with van der Waals surface area (Å²) in [6.07, 6.45) is 0. The summed E-state index contributed by atoms with van der Waals surface area (Å²) in [4.78, 5) is 0. The molecule has 0 bridgehead atoms. The molecule has 0 aliphatic carbocycles. The van der Waals surface area contributed by atoms with Crippen molar-refractivity contribution < 1.29 is 14.6 Å². The lowest BCUT2D eigenvalue weighted by molar-refractivity contribution is 0.224. The molecule has 0 unspecified atom stereocenters. The molecular weight excluding hydrogens is 348 g/mol. The molecule has 5 nitrogen and oxygen atoms in total. The van der Waals surface area contributed by atoms with Gasteiger partial charge in [0.1, 0.15) is 23.9 Å². The van der Waals surface area contributed by atoms with E-state index in [4.69, 9.17) is 20.6 Å². The summed E-state index contributed by atoms with van der Waals surface area (Å²) in [6, 6.07) is 10.3. The number of hydrogen-bond donors (Lipinski definition) is 3. The van der Waals surface area contributed by atoms with E-state index in [0.29, 0.717) is 5.75 Å². The van der Waals surface area contributed by atoms with Gasteiger partial charge < -0.3 is 20.3 Å². The van der Waals surface area contributed by atoms with Crippen LogP contribution in [0.25, 0.3) is 0 Å². The molecule has 114 valence electrons. The maximum Gasteiger partial charge on any atom is 0.279 e. The van der Waals surface area contributed by atoms with Crippen molar-refractivity contribution in [1.29, 1.82) is 5.41 Å². The number of amidine groups is 1. The van der Waals surface area contributed by atoms with E-state index in [1.807, 2.05) is 25.1 Å². The highest BCUT2D eigenvalue weighted by molar-refractivity contribution is 9.10. The molecule has 6 heteroatoms. The fourth-order valence-corrected chi connectivity index (χ4v) is 3.06. The van der Waals surface area contributed by atoms with Gasteiger partial charge in [-0.2, -0.15) is 0 Å². The van der Waals surface area contributed by atoms with Gasteiger partial charge in [-0.3, -0.25) is 5.41 Å². The molecule has 0 amide bonds. The zero-order chi connectivity index (χ0) is 15.9. The number of halogens is 1. The Morgan fingerprint density at radius 1 is 1.27 bits per heavy atom. The van der Waals surface area contributed by atoms with Crippen LogP contribution in [-0.4, -0.2) is 17.7 Å². The largest absolute Gasteiger partial charge is 0.508 e. The molecule has 1 aliphatic rings. The van der Waals surface area contributed by atoms with E-state index in [1.165, 1.54) is 0 Å². The Morgan fingerprint density at radius 2 is 1.91 bits per heavy atom. The fraction of sp³-hybridized carbons (Fsp3) is 0.188. The molecule has 1 heterocycles. The maximum absolute atomic E-state index is 9.83. The Morgan fingerprint density at radius 3 is 2.59 bits per heavy atom. The first-order valence-corrected chi connectivity index (χ1v) is 7.47. The number of aromatic hydroxyl groups is 1. The Kier molecular flexibility index (Phi) is 3.48. The second-order valence-electron chi connectivity index (χ2n) is 5.41. The van der Waals surface area contributed by atoms with Gasteiger partial charge in [-0.05, 0) is 43.3 Å². The normalized spacial score (nSPS) is 18.8. The summed E-state index contributed by atoms with van der Waals surface area (Å²) in [5, 5.41) is 17.1. The van der Waals surface area contributed by atoms with Crippen molar-refractivity contribution in [2.75, 3.05) is 6.61 Å². The van der Waals surface area contributed by atoms with Crippen molar-refractivity contribution in [2.24, 2.45) is 5.73 Å². The molecule has 3 rings (SSSR count). The minimum atomic E-state index is -0.600. The minimum Gasteiger partial charge on any atom is -0.508 e. The number of nitrogens with one attached hydrogen (secondary N) is 1. The first-order valence-electron chi connectivity index (χ1n) is 6.68. The van der Waals surface area contributed by atoms with Crippen LogP contribution in [0.3, 0.4) is 0 Å². The first kappa shape index (κ1) is 14.7. The van der Waals surface area contributed by atoms with Gasteiger partial charge in [0, 0.05) is 15.6 Å². The van der Waals surface area contributed by atoms with Gasteiger partial charge in [0.05, 0.1) is 5.41 Å². The summed E-state index contributed by atoms with van der Waals surface area (Å²) in [6.45, 7) is 2.15. The molecule has 1 aliphatic heterocycles. The Hall–Kier alpha value is -2.21. The van der Waals surface area contributed by atoms with E-state index < -0.39 is 5.41 Å². The van der Waals surface area contributed by atoms with E-state index in [1.54, 1.807) is 18.2 Å². The first-order chi connectivity index (χ1) is 10.4. The average Bonchev–Trinajstić information content (AvgIpc) is 2.47. The van der Waals surface area contributed by atoms with E-state index in [9.17, 15) is 5.11 Å². The van der Waals surface area contributed by atoms with Crippen LogP contribution >= 0.6 is 15.9 Å². The summed E-state index contributed by atoms with van der Waals surface area (Å²) >= 11 is 3.46. The number of hydrogen-bond acceptors (Lipinski definition) is 4. The Balaban J connectivity index is 2.19. The fourth-order valence-electron chi connectivity index (χ4n) is 2.70. The molecule has 22 heavy (non-hydrogen) atoms. The second-order valence-corrected chi connectivity index (χ2v) is 6.32. The van der Waals surface area contributed by atoms with Gasteiger partial charge in [0.25, 0.3) is 6.02 Å². The third-order valence-electron chi connectivity index (χ3n) is 3.83. The topological polar surface area (TPSA) is 88.6 Å². The van der Waals surface area contributed by atoms with Gasteiger partial charge in [-0.25, -0.2) is 0 Å². The second kappa shape index (κ2) is 5.21. The molecule has 0 spiro atoms. The van der Waals surface area contributed by atoms with Crippen LogP contribution in [0.15, 0.2) is 40.9 Å². The number of phenols is 1. The van der Waals surface area contributed by atoms with Gasteiger partial charge >= 0.3 is 0 Å². The predicted molar refractivity (Wildman–Crippen MR) is 86.6 cm³/mol. The number of phenolic OH excluding ortho intramolecular Hbond substituents is 1. The highest BCUT2D eigenvalue weighted by Gasteiger charge is 2.39. The van der Waals surface area contributed by atoms with Crippen LogP contribution in [0.4, 0.5) is 0 Å². The zero-order valence-corrected chi connectivity index (χ0v) is 13.5. The standard InChI is InChI=1S/C16H15BrN2O3/c1-16(8-21-15(18)19)11-6-9(17)2-4-13(11)22-14-5-3-10(20)7-12(14)16/h2-7,20H,8H2,1H3,(H3,18,19)/t16-/m1/s1. The highest BCUT2D eigenvalue weighted by Crippen LogP contribution is 2.49. The monoisotopic (exact) mass is 362 g/mol. The van der Waals surface area contributed by atoms with Gasteiger partial charge in [-0.15, -0.1) is 0 Å². The van der Waals surface area contributed by atoms with Crippen molar-refractivity contribution in [1.82, 2.24) is 0 Å². The van der Waals surface area contributed by atoms with Crippen molar-refractivity contribution in [3.8, 4) is 17.2 Å². The Labute approximate surface area is 136 Å². The van der Waals surface area contributed by atoms with Gasteiger partial charge in [0.2, 0.25) is 0 Å². The molecule has 1 atom stereocenters. The van der Waals surface area contributed by atoms with Crippen LogP contribution in [0.2, 0.25) is 0 Å². The van der Waals surface area contributed by atoms with E-state index >= 15 is 0 Å². The highest BCUT2D eigenvalue weighted by atomic mass is 79.9. The summed E-state index contributed by atoms with van der Waals surface area (Å²) in [5.74, 6) is 1.52. The van der Waals surface area contributed by atoms with Crippen molar-refractivity contribution in [3.63, 3.8) is 0 Å². The lowest BCUT2D eigenvalue weighted by Gasteiger charge is -2.37. The van der Waals surface area contributed by atoms with Crippen molar-refractivity contribution in [2.45, 2.75) is 12.3 Å². The molecular formula is C16H15BrN2O3. The van der Waals surface area contributed by atoms with E-state index in [2.05, 4.69) is 15.9 Å². The predicted octanol–water partition coefficient (Wildman–Crippen LogP) is 3.48. The maximum atomic E-state index is 9.83.